The van der Waals surface area contributed by atoms with Gasteiger partial charge < -0.3 is 15.7 Å². The van der Waals surface area contributed by atoms with Crippen molar-refractivity contribution in [3.8, 4) is 0 Å². The normalized spacial score (nSPS) is 11.3. The minimum absolute atomic E-state index is 0.503. The van der Waals surface area contributed by atoms with E-state index in [1.165, 1.54) is 6.33 Å². The Morgan fingerprint density at radius 2 is 1.71 bits per heavy atom. The Kier molecular flexibility index (Phi) is 5.15. The fourth-order valence-electron chi connectivity index (χ4n) is 1.49. The molecular formula is C12H22N4O. The second-order valence-electron chi connectivity index (χ2n) is 4.10. The zero-order valence-corrected chi connectivity index (χ0v) is 10.8. The quantitative estimate of drug-likeness (QED) is 0.676. The average molecular weight is 238 g/mol. The Labute approximate surface area is 103 Å². The van der Waals surface area contributed by atoms with Gasteiger partial charge in [-0.25, -0.2) is 9.97 Å². The standard InChI is InChI=1S/C12H22N4O/c1-4-12(17,5-2)8-14-11-7-10(13-6-3)15-9-16-11/h7,9,17H,4-6,8H2,1-3H3,(H2,13,14,15,16). The largest absolute Gasteiger partial charge is 0.388 e. The second-order valence-corrected chi connectivity index (χ2v) is 4.10. The fraction of sp³-hybridized carbons (Fsp3) is 0.667. The fourth-order valence-corrected chi connectivity index (χ4v) is 1.49. The molecule has 1 aromatic heterocycles. The van der Waals surface area contributed by atoms with Crippen molar-refractivity contribution in [3.63, 3.8) is 0 Å². The first-order valence-electron chi connectivity index (χ1n) is 6.15. The van der Waals surface area contributed by atoms with Crippen molar-refractivity contribution in [2.75, 3.05) is 23.7 Å². The molecule has 5 heteroatoms. The van der Waals surface area contributed by atoms with Crippen LogP contribution in [0.25, 0.3) is 0 Å². The lowest BCUT2D eigenvalue weighted by atomic mass is 9.98. The molecule has 1 heterocycles. The van der Waals surface area contributed by atoms with Gasteiger partial charge in [-0.15, -0.1) is 0 Å². The highest BCUT2D eigenvalue weighted by molar-refractivity contribution is 5.46. The van der Waals surface area contributed by atoms with Gasteiger partial charge in [0.2, 0.25) is 0 Å². The highest BCUT2D eigenvalue weighted by atomic mass is 16.3. The SMILES string of the molecule is CCNc1cc(NCC(O)(CC)CC)ncn1. The van der Waals surface area contributed by atoms with E-state index in [1.54, 1.807) is 0 Å². The van der Waals surface area contributed by atoms with E-state index in [2.05, 4.69) is 20.6 Å². The molecule has 0 fully saturated rings. The van der Waals surface area contributed by atoms with Gasteiger partial charge in [0.15, 0.2) is 0 Å². The molecule has 0 unspecified atom stereocenters. The minimum atomic E-state index is -0.663. The van der Waals surface area contributed by atoms with Crippen LogP contribution in [0.15, 0.2) is 12.4 Å². The van der Waals surface area contributed by atoms with Crippen LogP contribution in [0.3, 0.4) is 0 Å². The van der Waals surface area contributed by atoms with E-state index < -0.39 is 5.60 Å². The highest BCUT2D eigenvalue weighted by Crippen LogP contribution is 2.16. The molecule has 0 amide bonds. The number of hydrogen-bond donors (Lipinski definition) is 3. The molecule has 1 aromatic rings. The zero-order valence-electron chi connectivity index (χ0n) is 10.8. The number of rotatable bonds is 7. The number of aromatic nitrogens is 2. The van der Waals surface area contributed by atoms with Crippen molar-refractivity contribution in [2.45, 2.75) is 39.2 Å². The lowest BCUT2D eigenvalue weighted by molar-refractivity contribution is 0.0456. The molecule has 0 bridgehead atoms. The molecule has 0 aromatic carbocycles. The molecule has 0 aliphatic rings. The molecule has 0 aliphatic carbocycles. The van der Waals surface area contributed by atoms with Gasteiger partial charge in [0.1, 0.15) is 18.0 Å². The van der Waals surface area contributed by atoms with Crippen molar-refractivity contribution in [3.05, 3.63) is 12.4 Å². The third-order valence-corrected chi connectivity index (χ3v) is 2.94. The van der Waals surface area contributed by atoms with E-state index in [-0.39, 0.29) is 0 Å². The number of nitrogens with zero attached hydrogens (tertiary/aromatic N) is 2. The van der Waals surface area contributed by atoms with E-state index in [9.17, 15) is 5.11 Å². The zero-order chi connectivity index (χ0) is 12.7. The molecule has 0 saturated carbocycles. The lowest BCUT2D eigenvalue weighted by Gasteiger charge is -2.25. The van der Waals surface area contributed by atoms with Gasteiger partial charge in [0.05, 0.1) is 5.60 Å². The summed E-state index contributed by atoms with van der Waals surface area (Å²) in [5, 5.41) is 16.4. The monoisotopic (exact) mass is 238 g/mol. The molecular weight excluding hydrogens is 216 g/mol. The summed E-state index contributed by atoms with van der Waals surface area (Å²) in [4.78, 5) is 8.21. The van der Waals surface area contributed by atoms with E-state index in [0.29, 0.717) is 6.54 Å². The van der Waals surface area contributed by atoms with Crippen LogP contribution < -0.4 is 10.6 Å². The summed E-state index contributed by atoms with van der Waals surface area (Å²) in [6.07, 6.45) is 2.96. The molecule has 0 saturated heterocycles. The maximum atomic E-state index is 10.1. The molecule has 0 aliphatic heterocycles. The van der Waals surface area contributed by atoms with Gasteiger partial charge in [-0.2, -0.15) is 0 Å². The van der Waals surface area contributed by atoms with E-state index in [1.807, 2.05) is 26.8 Å². The average Bonchev–Trinajstić information content (AvgIpc) is 2.37. The Hall–Kier alpha value is -1.36. The number of nitrogens with one attached hydrogen (secondary N) is 2. The summed E-state index contributed by atoms with van der Waals surface area (Å²) < 4.78 is 0. The first kappa shape index (κ1) is 13.7. The predicted molar refractivity (Wildman–Crippen MR) is 70.2 cm³/mol. The molecule has 5 nitrogen and oxygen atoms in total. The second kappa shape index (κ2) is 6.39. The summed E-state index contributed by atoms with van der Waals surface area (Å²) >= 11 is 0. The maximum absolute atomic E-state index is 10.1. The molecule has 96 valence electrons. The van der Waals surface area contributed by atoms with E-state index in [4.69, 9.17) is 0 Å². The van der Waals surface area contributed by atoms with Gasteiger partial charge in [0.25, 0.3) is 0 Å². The lowest BCUT2D eigenvalue weighted by Crippen LogP contribution is -2.35. The van der Waals surface area contributed by atoms with Crippen LogP contribution in [0.4, 0.5) is 11.6 Å². The molecule has 0 spiro atoms. The summed E-state index contributed by atoms with van der Waals surface area (Å²) in [6, 6.07) is 1.84. The topological polar surface area (TPSA) is 70.1 Å². The van der Waals surface area contributed by atoms with Crippen molar-refractivity contribution in [1.82, 2.24) is 9.97 Å². The molecule has 17 heavy (non-hydrogen) atoms. The van der Waals surface area contributed by atoms with Gasteiger partial charge in [-0.1, -0.05) is 13.8 Å². The molecule has 0 radical (unpaired) electrons. The van der Waals surface area contributed by atoms with Gasteiger partial charge in [0, 0.05) is 19.2 Å². The van der Waals surface area contributed by atoms with Gasteiger partial charge in [-0.05, 0) is 19.8 Å². The van der Waals surface area contributed by atoms with Crippen LogP contribution in [0.2, 0.25) is 0 Å². The number of anilines is 2. The summed E-state index contributed by atoms with van der Waals surface area (Å²) in [5.74, 6) is 1.53. The predicted octanol–water partition coefficient (Wildman–Crippen LogP) is 1.87. The van der Waals surface area contributed by atoms with Gasteiger partial charge >= 0.3 is 0 Å². The van der Waals surface area contributed by atoms with Gasteiger partial charge in [-0.3, -0.25) is 0 Å². The highest BCUT2D eigenvalue weighted by Gasteiger charge is 2.21. The van der Waals surface area contributed by atoms with Crippen LogP contribution in [-0.2, 0) is 0 Å². The Morgan fingerprint density at radius 3 is 2.24 bits per heavy atom. The van der Waals surface area contributed by atoms with Crippen LogP contribution in [0, 0.1) is 0 Å². The summed E-state index contributed by atoms with van der Waals surface area (Å²) in [5.41, 5.74) is -0.663. The van der Waals surface area contributed by atoms with Crippen molar-refractivity contribution in [1.29, 1.82) is 0 Å². The number of hydrogen-bond acceptors (Lipinski definition) is 5. The smallest absolute Gasteiger partial charge is 0.131 e. The summed E-state index contributed by atoms with van der Waals surface area (Å²) in [6.45, 7) is 7.31. The van der Waals surface area contributed by atoms with Crippen molar-refractivity contribution in [2.24, 2.45) is 0 Å². The van der Waals surface area contributed by atoms with Crippen LogP contribution in [0.5, 0.6) is 0 Å². The van der Waals surface area contributed by atoms with Crippen LogP contribution >= 0.6 is 0 Å². The molecule has 3 N–H and O–H groups in total. The van der Waals surface area contributed by atoms with Crippen molar-refractivity contribution >= 4 is 11.6 Å². The molecule has 0 atom stereocenters. The van der Waals surface area contributed by atoms with Crippen LogP contribution in [-0.4, -0.2) is 33.8 Å². The Balaban J connectivity index is 2.59. The maximum Gasteiger partial charge on any atom is 0.131 e. The first-order valence-corrected chi connectivity index (χ1v) is 6.15. The number of aliphatic hydroxyl groups is 1. The van der Waals surface area contributed by atoms with E-state index in [0.717, 1.165) is 31.0 Å². The van der Waals surface area contributed by atoms with E-state index >= 15 is 0 Å². The Morgan fingerprint density at radius 1 is 1.12 bits per heavy atom. The first-order chi connectivity index (χ1) is 8.13. The minimum Gasteiger partial charge on any atom is -0.388 e. The third kappa shape index (κ3) is 4.19. The Bertz CT molecular complexity index is 339. The van der Waals surface area contributed by atoms with Crippen molar-refractivity contribution < 1.29 is 5.11 Å². The molecule has 1 rings (SSSR count). The third-order valence-electron chi connectivity index (χ3n) is 2.94. The van der Waals surface area contributed by atoms with Crippen LogP contribution in [0.1, 0.15) is 33.6 Å². The summed E-state index contributed by atoms with van der Waals surface area (Å²) in [7, 11) is 0.